The Balaban J connectivity index is 1.56. The van der Waals surface area contributed by atoms with E-state index in [9.17, 15) is 0 Å². The fourth-order valence-electron chi connectivity index (χ4n) is 3.17. The monoisotopic (exact) mass is 310 g/mol. The maximum absolute atomic E-state index is 4.53. The van der Waals surface area contributed by atoms with E-state index < -0.39 is 0 Å². The van der Waals surface area contributed by atoms with Gasteiger partial charge in [0.25, 0.3) is 0 Å². The van der Waals surface area contributed by atoms with Crippen molar-refractivity contribution in [2.75, 3.05) is 17.2 Å². The van der Waals surface area contributed by atoms with Crippen LogP contribution < -0.4 is 10.6 Å². The highest BCUT2D eigenvalue weighted by Gasteiger charge is 2.14. The number of anilines is 2. The van der Waals surface area contributed by atoms with Crippen LogP contribution in [0, 0.1) is 6.92 Å². The molecule has 1 aliphatic carbocycles. The Kier molecular flexibility index (Phi) is 5.46. The highest BCUT2D eigenvalue weighted by atomic mass is 15.1. The summed E-state index contributed by atoms with van der Waals surface area (Å²) in [5.41, 5.74) is 1.34. The molecule has 1 heterocycles. The molecule has 0 saturated heterocycles. The smallest absolute Gasteiger partial charge is 0.132 e. The van der Waals surface area contributed by atoms with Crippen LogP contribution in [0.4, 0.5) is 11.6 Å². The second-order valence-corrected chi connectivity index (χ2v) is 6.33. The van der Waals surface area contributed by atoms with Crippen LogP contribution in [0.3, 0.4) is 0 Å². The van der Waals surface area contributed by atoms with Gasteiger partial charge in [0.2, 0.25) is 0 Å². The molecule has 2 N–H and O–H groups in total. The Bertz CT molecular complexity index is 606. The minimum Gasteiger partial charge on any atom is -0.370 e. The molecule has 0 spiro atoms. The highest BCUT2D eigenvalue weighted by Crippen LogP contribution is 2.21. The van der Waals surface area contributed by atoms with Crippen LogP contribution in [0.2, 0.25) is 0 Å². The summed E-state index contributed by atoms with van der Waals surface area (Å²) in [5, 5.41) is 7.00. The van der Waals surface area contributed by atoms with Crippen LogP contribution in [0.15, 0.2) is 36.4 Å². The van der Waals surface area contributed by atoms with Crippen LogP contribution in [-0.4, -0.2) is 22.6 Å². The van der Waals surface area contributed by atoms with Gasteiger partial charge in [-0.25, -0.2) is 9.97 Å². The Morgan fingerprint density at radius 1 is 1.00 bits per heavy atom. The van der Waals surface area contributed by atoms with Gasteiger partial charge in [-0.1, -0.05) is 49.6 Å². The van der Waals surface area contributed by atoms with Gasteiger partial charge in [-0.05, 0) is 31.7 Å². The first-order valence-corrected chi connectivity index (χ1v) is 8.69. The van der Waals surface area contributed by atoms with Crippen molar-refractivity contribution in [1.82, 2.24) is 9.97 Å². The van der Waals surface area contributed by atoms with Crippen molar-refractivity contribution in [3.05, 3.63) is 47.8 Å². The molecule has 0 bridgehead atoms. The van der Waals surface area contributed by atoms with E-state index in [0.717, 1.165) is 30.4 Å². The number of aromatic nitrogens is 2. The van der Waals surface area contributed by atoms with Crippen molar-refractivity contribution in [3.8, 4) is 0 Å². The lowest BCUT2D eigenvalue weighted by Crippen LogP contribution is -2.23. The van der Waals surface area contributed by atoms with E-state index >= 15 is 0 Å². The molecule has 1 aromatic carbocycles. The summed E-state index contributed by atoms with van der Waals surface area (Å²) in [6.45, 7) is 2.83. The fraction of sp³-hybridized carbons (Fsp3) is 0.474. The average molecular weight is 310 g/mol. The molecule has 4 heteroatoms. The normalized spacial score (nSPS) is 15.3. The minimum atomic E-state index is 0.565. The summed E-state index contributed by atoms with van der Waals surface area (Å²) < 4.78 is 0. The lowest BCUT2D eigenvalue weighted by molar-refractivity contribution is 0.462. The maximum atomic E-state index is 4.53. The van der Waals surface area contributed by atoms with Crippen molar-refractivity contribution in [2.24, 2.45) is 0 Å². The van der Waals surface area contributed by atoms with Gasteiger partial charge < -0.3 is 10.6 Å². The minimum absolute atomic E-state index is 0.565. The standard InChI is InChI=1S/C19H26N4/c1-15-21-18(20-13-12-16-8-4-2-5-9-16)14-19(22-15)23-17-10-6-3-7-11-17/h2,4-5,8-9,14,17H,3,6-7,10-13H2,1H3,(H2,20,21,22,23). The Hall–Kier alpha value is -2.10. The molecule has 0 radical (unpaired) electrons. The molecule has 1 saturated carbocycles. The first kappa shape index (κ1) is 15.8. The number of rotatable bonds is 6. The van der Waals surface area contributed by atoms with Crippen molar-refractivity contribution in [1.29, 1.82) is 0 Å². The van der Waals surface area contributed by atoms with Gasteiger partial charge in [0.1, 0.15) is 17.5 Å². The third-order valence-corrected chi connectivity index (χ3v) is 4.36. The first-order valence-electron chi connectivity index (χ1n) is 8.69. The number of benzene rings is 1. The molecule has 1 aliphatic rings. The summed E-state index contributed by atoms with van der Waals surface area (Å²) in [6.07, 6.45) is 7.51. The quantitative estimate of drug-likeness (QED) is 0.840. The zero-order valence-electron chi connectivity index (χ0n) is 13.9. The summed E-state index contributed by atoms with van der Waals surface area (Å²) in [5.74, 6) is 2.67. The van der Waals surface area contributed by atoms with Gasteiger partial charge >= 0.3 is 0 Å². The Morgan fingerprint density at radius 3 is 2.52 bits per heavy atom. The van der Waals surface area contributed by atoms with Gasteiger partial charge in [0.05, 0.1) is 0 Å². The molecule has 122 valence electrons. The zero-order valence-corrected chi connectivity index (χ0v) is 13.9. The van der Waals surface area contributed by atoms with Crippen LogP contribution in [0.1, 0.15) is 43.5 Å². The van der Waals surface area contributed by atoms with E-state index in [1.165, 1.54) is 37.7 Å². The highest BCUT2D eigenvalue weighted by molar-refractivity contribution is 5.48. The van der Waals surface area contributed by atoms with Crippen molar-refractivity contribution in [3.63, 3.8) is 0 Å². The zero-order chi connectivity index (χ0) is 15.9. The fourth-order valence-corrected chi connectivity index (χ4v) is 3.17. The first-order chi connectivity index (χ1) is 11.3. The predicted octanol–water partition coefficient (Wildman–Crippen LogP) is 4.18. The second kappa shape index (κ2) is 7.95. The number of aryl methyl sites for hydroxylation is 1. The summed E-state index contributed by atoms with van der Waals surface area (Å²) in [6, 6.07) is 13.1. The molecule has 2 aromatic rings. The van der Waals surface area contributed by atoms with Crippen LogP contribution in [0.25, 0.3) is 0 Å². The van der Waals surface area contributed by atoms with Crippen molar-refractivity contribution >= 4 is 11.6 Å². The topological polar surface area (TPSA) is 49.8 Å². The second-order valence-electron chi connectivity index (χ2n) is 6.33. The molecule has 0 aliphatic heterocycles. The summed E-state index contributed by atoms with van der Waals surface area (Å²) >= 11 is 0. The van der Waals surface area contributed by atoms with Crippen LogP contribution in [-0.2, 0) is 6.42 Å². The molecule has 1 fully saturated rings. The van der Waals surface area contributed by atoms with E-state index in [2.05, 4.69) is 44.9 Å². The third-order valence-electron chi connectivity index (χ3n) is 4.36. The van der Waals surface area contributed by atoms with E-state index in [4.69, 9.17) is 0 Å². The number of hydrogen-bond acceptors (Lipinski definition) is 4. The Morgan fingerprint density at radius 2 is 1.74 bits per heavy atom. The van der Waals surface area contributed by atoms with Gasteiger partial charge in [0, 0.05) is 18.7 Å². The number of nitrogens with zero attached hydrogens (tertiary/aromatic N) is 2. The number of nitrogens with one attached hydrogen (secondary N) is 2. The summed E-state index contributed by atoms with van der Waals surface area (Å²) in [7, 11) is 0. The van der Waals surface area contributed by atoms with E-state index in [1.54, 1.807) is 0 Å². The SMILES string of the molecule is Cc1nc(NCCc2ccccc2)cc(NC2CCCCC2)n1. The Labute approximate surface area is 138 Å². The van der Waals surface area contributed by atoms with E-state index in [1.807, 2.05) is 19.1 Å². The third kappa shape index (κ3) is 4.95. The van der Waals surface area contributed by atoms with E-state index in [0.29, 0.717) is 6.04 Å². The van der Waals surface area contributed by atoms with Gasteiger partial charge in [-0.3, -0.25) is 0 Å². The molecule has 1 aromatic heterocycles. The van der Waals surface area contributed by atoms with Crippen molar-refractivity contribution in [2.45, 2.75) is 51.5 Å². The maximum Gasteiger partial charge on any atom is 0.132 e. The molecule has 0 amide bonds. The van der Waals surface area contributed by atoms with Crippen LogP contribution >= 0.6 is 0 Å². The molecule has 3 rings (SSSR count). The lowest BCUT2D eigenvalue weighted by Gasteiger charge is -2.23. The van der Waals surface area contributed by atoms with Gasteiger partial charge in [-0.15, -0.1) is 0 Å². The molecular weight excluding hydrogens is 284 g/mol. The number of hydrogen-bond donors (Lipinski definition) is 2. The average Bonchev–Trinajstić information content (AvgIpc) is 2.56. The molecular formula is C19H26N4. The van der Waals surface area contributed by atoms with Crippen LogP contribution in [0.5, 0.6) is 0 Å². The predicted molar refractivity (Wildman–Crippen MR) is 95.9 cm³/mol. The molecule has 0 atom stereocenters. The lowest BCUT2D eigenvalue weighted by atomic mass is 9.95. The van der Waals surface area contributed by atoms with Crippen molar-refractivity contribution < 1.29 is 0 Å². The largest absolute Gasteiger partial charge is 0.370 e. The molecule has 0 unspecified atom stereocenters. The van der Waals surface area contributed by atoms with Gasteiger partial charge in [0.15, 0.2) is 0 Å². The molecule has 4 nitrogen and oxygen atoms in total. The van der Waals surface area contributed by atoms with Gasteiger partial charge in [-0.2, -0.15) is 0 Å². The molecule has 23 heavy (non-hydrogen) atoms. The van der Waals surface area contributed by atoms with E-state index in [-0.39, 0.29) is 0 Å². The summed E-state index contributed by atoms with van der Waals surface area (Å²) in [4.78, 5) is 9.03.